The predicted molar refractivity (Wildman–Crippen MR) is 96.1 cm³/mol. The van der Waals surface area contributed by atoms with E-state index in [1.54, 1.807) is 4.90 Å². The second-order valence-corrected chi connectivity index (χ2v) is 7.21. The molecule has 3 atom stereocenters. The van der Waals surface area contributed by atoms with Crippen LogP contribution in [0.5, 0.6) is 0 Å². The van der Waals surface area contributed by atoms with Crippen LogP contribution < -0.4 is 5.32 Å². The van der Waals surface area contributed by atoms with Crippen molar-refractivity contribution in [2.24, 2.45) is 11.3 Å². The number of nitrogens with zero attached hydrogens (tertiary/aromatic N) is 1. The number of hydrogen-bond acceptors (Lipinski definition) is 2. The molecule has 1 aliphatic carbocycles. The minimum absolute atomic E-state index is 0.0825. The summed E-state index contributed by atoms with van der Waals surface area (Å²) in [7, 11) is 0. The molecular formula is C20H26N2O3. The molecule has 1 saturated heterocycles. The van der Waals surface area contributed by atoms with Crippen LogP contribution in [0.15, 0.2) is 43.0 Å². The molecule has 5 nitrogen and oxygen atoms in total. The number of carbonyl (C=O) groups is 2. The number of hydrogen-bond donors (Lipinski definition) is 2. The maximum Gasteiger partial charge on any atom is 0.317 e. The Hall–Kier alpha value is -2.30. The Labute approximate surface area is 148 Å². The van der Waals surface area contributed by atoms with E-state index in [1.807, 2.05) is 36.4 Å². The van der Waals surface area contributed by atoms with Gasteiger partial charge in [-0.05, 0) is 37.2 Å². The fourth-order valence-corrected chi connectivity index (χ4v) is 4.33. The number of rotatable bonds is 6. The molecule has 0 aromatic heterocycles. The molecule has 2 amide bonds. The molecule has 3 rings (SSSR count). The van der Waals surface area contributed by atoms with Crippen molar-refractivity contribution < 1.29 is 14.7 Å². The van der Waals surface area contributed by atoms with E-state index >= 15 is 0 Å². The van der Waals surface area contributed by atoms with Crippen molar-refractivity contribution in [3.05, 3.63) is 48.6 Å². The smallest absolute Gasteiger partial charge is 0.317 e. The first-order valence-electron chi connectivity index (χ1n) is 9.01. The quantitative estimate of drug-likeness (QED) is 0.776. The molecule has 5 heteroatoms. The van der Waals surface area contributed by atoms with E-state index in [4.69, 9.17) is 0 Å². The number of benzene rings is 1. The van der Waals surface area contributed by atoms with Crippen LogP contribution in [-0.4, -0.2) is 35.1 Å². The average molecular weight is 342 g/mol. The van der Waals surface area contributed by atoms with Crippen LogP contribution in [0.2, 0.25) is 0 Å². The van der Waals surface area contributed by atoms with Gasteiger partial charge in [0.05, 0.1) is 11.5 Å². The summed E-state index contributed by atoms with van der Waals surface area (Å²) >= 11 is 0. The van der Waals surface area contributed by atoms with Crippen molar-refractivity contribution in [1.82, 2.24) is 10.2 Å². The monoisotopic (exact) mass is 342 g/mol. The summed E-state index contributed by atoms with van der Waals surface area (Å²) in [6.45, 7) is 4.63. The van der Waals surface area contributed by atoms with Gasteiger partial charge in [-0.2, -0.15) is 0 Å². The van der Waals surface area contributed by atoms with E-state index in [2.05, 4.69) is 11.9 Å². The predicted octanol–water partition coefficient (Wildman–Crippen LogP) is 3.59. The highest BCUT2D eigenvalue weighted by molar-refractivity contribution is 5.80. The van der Waals surface area contributed by atoms with Gasteiger partial charge >= 0.3 is 12.0 Å². The highest BCUT2D eigenvalue weighted by atomic mass is 16.4. The number of nitrogens with one attached hydrogen (secondary N) is 1. The molecule has 1 unspecified atom stereocenters. The average Bonchev–Trinajstić information content (AvgIpc) is 3.17. The molecule has 1 saturated carbocycles. The van der Waals surface area contributed by atoms with Crippen LogP contribution in [0, 0.1) is 11.3 Å². The fourth-order valence-electron chi connectivity index (χ4n) is 4.33. The molecule has 1 aliphatic heterocycles. The van der Waals surface area contributed by atoms with E-state index in [9.17, 15) is 14.7 Å². The van der Waals surface area contributed by atoms with E-state index in [0.29, 0.717) is 19.5 Å². The Balaban J connectivity index is 1.70. The lowest BCUT2D eigenvalue weighted by Crippen LogP contribution is -2.43. The maximum absolute atomic E-state index is 12.8. The molecule has 1 aromatic carbocycles. The zero-order chi connectivity index (χ0) is 17.9. The molecule has 2 fully saturated rings. The van der Waals surface area contributed by atoms with Crippen molar-refractivity contribution in [2.45, 2.75) is 38.1 Å². The van der Waals surface area contributed by atoms with Crippen molar-refractivity contribution in [1.29, 1.82) is 0 Å². The van der Waals surface area contributed by atoms with E-state index in [0.717, 1.165) is 31.2 Å². The van der Waals surface area contributed by atoms with Gasteiger partial charge in [0, 0.05) is 13.1 Å². The molecule has 1 aromatic rings. The van der Waals surface area contributed by atoms with Crippen LogP contribution in [0.3, 0.4) is 0 Å². The third-order valence-electron chi connectivity index (χ3n) is 5.74. The number of urea groups is 1. The largest absolute Gasteiger partial charge is 0.481 e. The standard InChI is InChI=1S/C20H26N2O3/c1-2-3-11-17(15-8-5-4-6-9-15)21-19(25)22-13-16-10-7-12-20(16,14-22)18(23)24/h2,4-6,8-9,16-17H,1,3,7,10-14H2,(H,21,25)(H,23,24)/t16-,17?,20+/m0/s1. The molecule has 2 N–H and O–H groups in total. The number of aliphatic carboxylic acids is 1. The van der Waals surface area contributed by atoms with Gasteiger partial charge in [0.1, 0.15) is 0 Å². The van der Waals surface area contributed by atoms with Crippen LogP contribution in [0.4, 0.5) is 4.79 Å². The zero-order valence-corrected chi connectivity index (χ0v) is 14.5. The SMILES string of the molecule is C=CCCC(NC(=O)N1C[C@@H]2CCC[C@@]2(C(=O)O)C1)c1ccccc1. The lowest BCUT2D eigenvalue weighted by molar-refractivity contribution is -0.149. The molecule has 1 heterocycles. The van der Waals surface area contributed by atoms with Crippen molar-refractivity contribution in [3.8, 4) is 0 Å². The van der Waals surface area contributed by atoms with Gasteiger partial charge in [0.25, 0.3) is 0 Å². The van der Waals surface area contributed by atoms with Gasteiger partial charge in [-0.3, -0.25) is 4.79 Å². The van der Waals surface area contributed by atoms with Gasteiger partial charge in [0.15, 0.2) is 0 Å². The Morgan fingerprint density at radius 2 is 2.16 bits per heavy atom. The second-order valence-electron chi connectivity index (χ2n) is 7.21. The van der Waals surface area contributed by atoms with E-state index in [-0.39, 0.29) is 18.0 Å². The molecule has 2 aliphatic rings. The number of carboxylic acids is 1. The topological polar surface area (TPSA) is 69.6 Å². The number of likely N-dealkylation sites (tertiary alicyclic amines) is 1. The van der Waals surface area contributed by atoms with Crippen LogP contribution in [-0.2, 0) is 4.79 Å². The summed E-state index contributed by atoms with van der Waals surface area (Å²) in [5.41, 5.74) is 0.325. The van der Waals surface area contributed by atoms with Gasteiger partial charge in [-0.25, -0.2) is 4.79 Å². The van der Waals surface area contributed by atoms with Crippen molar-refractivity contribution in [2.75, 3.05) is 13.1 Å². The summed E-state index contributed by atoms with van der Waals surface area (Å²) in [6.07, 6.45) is 5.95. The molecule has 0 bridgehead atoms. The summed E-state index contributed by atoms with van der Waals surface area (Å²) in [4.78, 5) is 26.3. The summed E-state index contributed by atoms with van der Waals surface area (Å²) in [5, 5.41) is 12.8. The molecule has 134 valence electrons. The van der Waals surface area contributed by atoms with Crippen LogP contribution >= 0.6 is 0 Å². The Morgan fingerprint density at radius 1 is 1.40 bits per heavy atom. The fraction of sp³-hybridized carbons (Fsp3) is 0.500. The number of carboxylic acid groups (broad SMARTS) is 1. The minimum Gasteiger partial charge on any atom is -0.481 e. The summed E-state index contributed by atoms with van der Waals surface area (Å²) in [6, 6.07) is 9.64. The highest BCUT2D eigenvalue weighted by Crippen LogP contribution is 2.48. The second kappa shape index (κ2) is 7.30. The highest BCUT2D eigenvalue weighted by Gasteiger charge is 2.55. The lowest BCUT2D eigenvalue weighted by atomic mass is 9.81. The van der Waals surface area contributed by atoms with Gasteiger partial charge < -0.3 is 15.3 Å². The number of fused-ring (bicyclic) bond motifs is 1. The Morgan fingerprint density at radius 3 is 2.80 bits per heavy atom. The third-order valence-corrected chi connectivity index (χ3v) is 5.74. The van der Waals surface area contributed by atoms with Crippen molar-refractivity contribution in [3.63, 3.8) is 0 Å². The van der Waals surface area contributed by atoms with E-state index < -0.39 is 11.4 Å². The number of allylic oxidation sites excluding steroid dienone is 1. The first-order chi connectivity index (χ1) is 12.1. The van der Waals surface area contributed by atoms with Crippen LogP contribution in [0.25, 0.3) is 0 Å². The minimum atomic E-state index is -0.753. The maximum atomic E-state index is 12.8. The van der Waals surface area contributed by atoms with Gasteiger partial charge in [0.2, 0.25) is 0 Å². The summed E-state index contributed by atoms with van der Waals surface area (Å²) in [5.74, 6) is -0.671. The van der Waals surface area contributed by atoms with Crippen molar-refractivity contribution >= 4 is 12.0 Å². The van der Waals surface area contributed by atoms with E-state index in [1.165, 1.54) is 0 Å². The van der Waals surface area contributed by atoms with Gasteiger partial charge in [-0.15, -0.1) is 6.58 Å². The Kier molecular flexibility index (Phi) is 5.11. The zero-order valence-electron chi connectivity index (χ0n) is 14.5. The molecule has 0 radical (unpaired) electrons. The third kappa shape index (κ3) is 3.41. The van der Waals surface area contributed by atoms with Crippen LogP contribution in [0.1, 0.15) is 43.7 Å². The molecule has 25 heavy (non-hydrogen) atoms. The summed E-state index contributed by atoms with van der Waals surface area (Å²) < 4.78 is 0. The van der Waals surface area contributed by atoms with Gasteiger partial charge in [-0.1, -0.05) is 42.8 Å². The number of amides is 2. The normalized spacial score (nSPS) is 26.1. The first kappa shape index (κ1) is 17.5. The Bertz CT molecular complexity index is 646. The molecule has 0 spiro atoms. The molecular weight excluding hydrogens is 316 g/mol. The number of carbonyl (C=O) groups excluding carboxylic acids is 1. The first-order valence-corrected chi connectivity index (χ1v) is 9.01. The lowest BCUT2D eigenvalue weighted by Gasteiger charge is -2.25.